The SMILES string of the molecule is CCOC(=O)Cc1ccccc1OCc1cc(-c2cccc(CN)c2)c2c(ccn2S(=O)(=O)C2(C)C=CC=CC2)c1. The minimum atomic E-state index is -3.80. The number of nitrogens with two attached hydrogens (primary N) is 1. The lowest BCUT2D eigenvalue weighted by Gasteiger charge is -2.27. The summed E-state index contributed by atoms with van der Waals surface area (Å²) in [5, 5.41) is 0.779. The average Bonchev–Trinajstić information content (AvgIpc) is 3.42. The van der Waals surface area contributed by atoms with Gasteiger partial charge in [-0.3, -0.25) is 4.79 Å². The normalized spacial score (nSPS) is 16.7. The Balaban J connectivity index is 1.58. The molecule has 0 fully saturated rings. The van der Waals surface area contributed by atoms with Gasteiger partial charge in [0.15, 0.2) is 0 Å². The molecule has 1 unspecified atom stereocenters. The number of carbonyl (C=O) groups is 1. The fraction of sp³-hybridized carbons (Fsp3) is 0.242. The van der Waals surface area contributed by atoms with Crippen LogP contribution in [0, 0.1) is 0 Å². The van der Waals surface area contributed by atoms with Gasteiger partial charge in [0.1, 0.15) is 17.1 Å². The minimum absolute atomic E-state index is 0.114. The van der Waals surface area contributed by atoms with Gasteiger partial charge < -0.3 is 15.2 Å². The Labute approximate surface area is 240 Å². The van der Waals surface area contributed by atoms with E-state index in [1.165, 1.54) is 3.97 Å². The molecule has 1 aliphatic rings. The molecule has 3 aromatic carbocycles. The molecule has 0 radical (unpaired) electrons. The van der Waals surface area contributed by atoms with E-state index >= 15 is 0 Å². The van der Waals surface area contributed by atoms with Crippen molar-refractivity contribution in [2.45, 2.75) is 44.6 Å². The number of benzene rings is 3. The maximum Gasteiger partial charge on any atom is 0.310 e. The zero-order valence-corrected chi connectivity index (χ0v) is 24.1. The Kier molecular flexibility index (Phi) is 8.15. The number of nitrogens with zero attached hydrogens (tertiary/aromatic N) is 1. The summed E-state index contributed by atoms with van der Waals surface area (Å²) in [6, 6.07) is 21.0. The molecule has 1 aliphatic carbocycles. The van der Waals surface area contributed by atoms with Gasteiger partial charge in [0.2, 0.25) is 10.0 Å². The zero-order valence-electron chi connectivity index (χ0n) is 23.2. The fourth-order valence-electron chi connectivity index (χ4n) is 5.13. The van der Waals surface area contributed by atoms with E-state index in [0.717, 1.165) is 33.2 Å². The van der Waals surface area contributed by atoms with E-state index in [1.807, 2.05) is 78.9 Å². The van der Waals surface area contributed by atoms with Gasteiger partial charge in [0, 0.05) is 29.3 Å². The number of hydrogen-bond donors (Lipinski definition) is 1. The smallest absolute Gasteiger partial charge is 0.310 e. The van der Waals surface area contributed by atoms with Crippen molar-refractivity contribution in [2.75, 3.05) is 6.61 Å². The lowest BCUT2D eigenvalue weighted by atomic mass is 9.98. The Morgan fingerprint density at radius 1 is 1.02 bits per heavy atom. The van der Waals surface area contributed by atoms with Gasteiger partial charge in [-0.05, 0) is 67.3 Å². The van der Waals surface area contributed by atoms with Crippen molar-refractivity contribution in [3.63, 3.8) is 0 Å². The largest absolute Gasteiger partial charge is 0.489 e. The lowest BCUT2D eigenvalue weighted by Crippen LogP contribution is -2.37. The molecule has 8 heteroatoms. The summed E-state index contributed by atoms with van der Waals surface area (Å²) < 4.78 is 39.8. The van der Waals surface area contributed by atoms with Crippen molar-refractivity contribution in [2.24, 2.45) is 5.73 Å². The van der Waals surface area contributed by atoms with Gasteiger partial charge in [-0.1, -0.05) is 60.7 Å². The molecular weight excluding hydrogens is 536 g/mol. The number of allylic oxidation sites excluding steroid dienone is 3. The third-order valence-electron chi connectivity index (χ3n) is 7.36. The van der Waals surface area contributed by atoms with Crippen LogP contribution in [0.5, 0.6) is 5.75 Å². The summed E-state index contributed by atoms with van der Waals surface area (Å²) in [6.45, 7) is 4.43. The van der Waals surface area contributed by atoms with E-state index in [9.17, 15) is 13.2 Å². The van der Waals surface area contributed by atoms with E-state index in [2.05, 4.69) is 0 Å². The number of carbonyl (C=O) groups excluding carboxylic acids is 1. The molecule has 0 spiro atoms. The Morgan fingerprint density at radius 2 is 1.85 bits per heavy atom. The van der Waals surface area contributed by atoms with Crippen molar-refractivity contribution in [1.29, 1.82) is 0 Å². The predicted octanol–water partition coefficient (Wildman–Crippen LogP) is 5.90. The van der Waals surface area contributed by atoms with Crippen LogP contribution in [-0.4, -0.2) is 29.7 Å². The Hall–Kier alpha value is -4.14. The lowest BCUT2D eigenvalue weighted by molar-refractivity contribution is -0.142. The number of hydrogen-bond acceptors (Lipinski definition) is 6. The second kappa shape index (κ2) is 11.8. The van der Waals surface area contributed by atoms with E-state index in [1.54, 1.807) is 32.2 Å². The zero-order chi connectivity index (χ0) is 29.0. The molecule has 7 nitrogen and oxygen atoms in total. The van der Waals surface area contributed by atoms with Gasteiger partial charge >= 0.3 is 5.97 Å². The second-order valence-electron chi connectivity index (χ2n) is 10.3. The summed E-state index contributed by atoms with van der Waals surface area (Å²) >= 11 is 0. The van der Waals surface area contributed by atoms with Gasteiger partial charge in [-0.15, -0.1) is 0 Å². The maximum absolute atomic E-state index is 14.1. The number of aromatic nitrogens is 1. The van der Waals surface area contributed by atoms with Crippen LogP contribution in [0.2, 0.25) is 0 Å². The molecule has 41 heavy (non-hydrogen) atoms. The molecule has 1 atom stereocenters. The molecule has 4 aromatic rings. The van der Waals surface area contributed by atoms with Gasteiger partial charge in [-0.2, -0.15) is 0 Å². The Bertz CT molecular complexity index is 1750. The van der Waals surface area contributed by atoms with Crippen molar-refractivity contribution < 1.29 is 22.7 Å². The molecule has 0 bridgehead atoms. The standard InChI is InChI=1S/C33H34N2O5S/c1-3-39-31(36)21-27-11-5-6-13-30(27)40-23-25-19-28-14-17-35(41(37,38)33(2)15-7-4-8-16-33)32(28)29(20-25)26-12-9-10-24(18-26)22-34/h4-15,17-20H,3,16,21-23,34H2,1-2H3. The van der Waals surface area contributed by atoms with Crippen molar-refractivity contribution in [3.8, 4) is 16.9 Å². The fourth-order valence-corrected chi connectivity index (χ4v) is 6.80. The summed E-state index contributed by atoms with van der Waals surface area (Å²) in [4.78, 5) is 12.1. The van der Waals surface area contributed by atoms with Crippen molar-refractivity contribution in [1.82, 2.24) is 3.97 Å². The Morgan fingerprint density at radius 3 is 2.61 bits per heavy atom. The second-order valence-corrected chi connectivity index (χ2v) is 12.6. The first-order valence-electron chi connectivity index (χ1n) is 13.6. The van der Waals surface area contributed by atoms with Crippen LogP contribution in [0.1, 0.15) is 37.0 Å². The molecule has 212 valence electrons. The van der Waals surface area contributed by atoms with Crippen LogP contribution in [0.3, 0.4) is 0 Å². The highest BCUT2D eigenvalue weighted by molar-refractivity contribution is 7.91. The molecule has 0 amide bonds. The predicted molar refractivity (Wildman–Crippen MR) is 162 cm³/mol. The molecule has 5 rings (SSSR count). The highest BCUT2D eigenvalue weighted by Gasteiger charge is 2.39. The van der Waals surface area contributed by atoms with Crippen LogP contribution in [-0.2, 0) is 39.1 Å². The van der Waals surface area contributed by atoms with Crippen LogP contribution in [0.4, 0.5) is 0 Å². The third-order valence-corrected chi connectivity index (χ3v) is 9.66. The number of para-hydroxylation sites is 1. The third kappa shape index (κ3) is 5.71. The van der Waals surface area contributed by atoms with Crippen molar-refractivity contribution in [3.05, 3.63) is 114 Å². The number of fused-ring (bicyclic) bond motifs is 1. The van der Waals surface area contributed by atoms with E-state index < -0.39 is 14.8 Å². The monoisotopic (exact) mass is 570 g/mol. The van der Waals surface area contributed by atoms with Gasteiger partial charge in [0.05, 0.1) is 18.5 Å². The molecule has 0 aliphatic heterocycles. The first-order valence-corrected chi connectivity index (χ1v) is 15.1. The molecule has 1 heterocycles. The summed E-state index contributed by atoms with van der Waals surface area (Å²) in [6.07, 6.45) is 9.42. The topological polar surface area (TPSA) is 101 Å². The number of ether oxygens (including phenoxy) is 2. The van der Waals surface area contributed by atoms with Crippen molar-refractivity contribution >= 4 is 26.9 Å². The highest BCUT2D eigenvalue weighted by Crippen LogP contribution is 2.37. The highest BCUT2D eigenvalue weighted by atomic mass is 32.2. The van der Waals surface area contributed by atoms with E-state index in [-0.39, 0.29) is 19.0 Å². The maximum atomic E-state index is 14.1. The van der Waals surface area contributed by atoms with Crippen LogP contribution in [0.25, 0.3) is 22.0 Å². The van der Waals surface area contributed by atoms with Crippen LogP contribution < -0.4 is 10.5 Å². The number of rotatable bonds is 10. The van der Waals surface area contributed by atoms with E-state index in [4.69, 9.17) is 15.2 Å². The van der Waals surface area contributed by atoms with Gasteiger partial charge in [-0.25, -0.2) is 12.4 Å². The van der Waals surface area contributed by atoms with Gasteiger partial charge in [0.25, 0.3) is 0 Å². The molecule has 0 saturated carbocycles. The van der Waals surface area contributed by atoms with Crippen LogP contribution >= 0.6 is 0 Å². The minimum Gasteiger partial charge on any atom is -0.489 e. The first-order chi connectivity index (χ1) is 19.8. The number of esters is 1. The quantitative estimate of drug-likeness (QED) is 0.238. The molecular formula is C33H34N2O5S. The average molecular weight is 571 g/mol. The molecule has 0 saturated heterocycles. The van der Waals surface area contributed by atoms with E-state index in [0.29, 0.717) is 30.8 Å². The summed E-state index contributed by atoms with van der Waals surface area (Å²) in [5.74, 6) is 0.282. The van der Waals surface area contributed by atoms with Crippen LogP contribution in [0.15, 0.2) is 97.2 Å². The summed E-state index contributed by atoms with van der Waals surface area (Å²) in [7, 11) is -3.80. The molecule has 2 N–H and O–H groups in total. The summed E-state index contributed by atoms with van der Waals surface area (Å²) in [5.41, 5.74) is 10.7. The molecule has 1 aromatic heterocycles. The first kappa shape index (κ1) is 28.4.